The Morgan fingerprint density at radius 2 is 1.89 bits per heavy atom. The Morgan fingerprint density at radius 1 is 1.11 bits per heavy atom. The van der Waals surface area contributed by atoms with Crippen LogP contribution in [0.15, 0.2) is 48.5 Å². The average molecular weight is 254 g/mol. The highest BCUT2D eigenvalue weighted by atomic mass is 32.1. The first-order valence-corrected chi connectivity index (χ1v) is 6.73. The molecule has 0 radical (unpaired) electrons. The van der Waals surface area contributed by atoms with Gasteiger partial charge in [0.2, 0.25) is 0 Å². The van der Waals surface area contributed by atoms with Gasteiger partial charge in [-0.3, -0.25) is 0 Å². The zero-order valence-corrected chi connectivity index (χ0v) is 10.9. The van der Waals surface area contributed by atoms with Gasteiger partial charge in [0.15, 0.2) is 0 Å². The predicted molar refractivity (Wildman–Crippen MR) is 76.8 cm³/mol. The number of fused-ring (bicyclic) bond motifs is 1. The van der Waals surface area contributed by atoms with Gasteiger partial charge in [-0.2, -0.15) is 0 Å². The molecular weight excluding hydrogens is 240 g/mol. The number of hydrogen-bond acceptors (Lipinski definition) is 3. The van der Waals surface area contributed by atoms with Crippen LogP contribution in [0.3, 0.4) is 0 Å². The van der Waals surface area contributed by atoms with Crippen LogP contribution in [-0.4, -0.2) is 4.98 Å². The smallest absolute Gasteiger partial charge is 0.115 e. The van der Waals surface area contributed by atoms with Gasteiger partial charge < -0.3 is 5.73 Å². The Kier molecular flexibility index (Phi) is 2.86. The minimum Gasteiger partial charge on any atom is -0.318 e. The number of thiazole rings is 1. The molecule has 0 aliphatic rings. The van der Waals surface area contributed by atoms with Crippen molar-refractivity contribution in [1.82, 2.24) is 4.98 Å². The molecule has 2 nitrogen and oxygen atoms in total. The van der Waals surface area contributed by atoms with Crippen LogP contribution in [0.25, 0.3) is 10.2 Å². The number of benzene rings is 2. The van der Waals surface area contributed by atoms with E-state index in [-0.39, 0.29) is 6.04 Å². The topological polar surface area (TPSA) is 38.9 Å². The maximum absolute atomic E-state index is 6.27. The summed E-state index contributed by atoms with van der Waals surface area (Å²) in [6, 6.07) is 16.3. The summed E-state index contributed by atoms with van der Waals surface area (Å²) in [6.45, 7) is 2.09. The van der Waals surface area contributed by atoms with Crippen molar-refractivity contribution in [3.05, 3.63) is 64.7 Å². The van der Waals surface area contributed by atoms with Gasteiger partial charge in [0.25, 0.3) is 0 Å². The van der Waals surface area contributed by atoms with Crippen molar-refractivity contribution in [2.24, 2.45) is 5.73 Å². The molecule has 1 aromatic heterocycles. The van der Waals surface area contributed by atoms with E-state index in [1.807, 2.05) is 30.3 Å². The van der Waals surface area contributed by atoms with Crippen molar-refractivity contribution >= 4 is 21.6 Å². The summed E-state index contributed by atoms with van der Waals surface area (Å²) in [6.07, 6.45) is 0. The van der Waals surface area contributed by atoms with Crippen molar-refractivity contribution in [1.29, 1.82) is 0 Å². The number of nitrogens with two attached hydrogens (primary N) is 1. The third-order valence-corrected chi connectivity index (χ3v) is 4.09. The fourth-order valence-electron chi connectivity index (χ4n) is 1.99. The molecule has 3 rings (SSSR count). The molecule has 0 amide bonds. The maximum atomic E-state index is 6.27. The first kappa shape index (κ1) is 11.4. The van der Waals surface area contributed by atoms with Crippen LogP contribution in [-0.2, 0) is 0 Å². The fourth-order valence-corrected chi connectivity index (χ4v) is 3.08. The quantitative estimate of drug-likeness (QED) is 0.758. The molecule has 1 unspecified atom stereocenters. The molecule has 1 atom stereocenters. The second-order valence-corrected chi connectivity index (χ2v) is 5.47. The van der Waals surface area contributed by atoms with E-state index in [2.05, 4.69) is 30.1 Å². The molecule has 0 saturated carbocycles. The van der Waals surface area contributed by atoms with Crippen molar-refractivity contribution in [3.63, 3.8) is 0 Å². The summed E-state index contributed by atoms with van der Waals surface area (Å²) in [5.74, 6) is 0. The molecule has 18 heavy (non-hydrogen) atoms. The van der Waals surface area contributed by atoms with Crippen LogP contribution in [0, 0.1) is 6.92 Å². The van der Waals surface area contributed by atoms with Crippen molar-refractivity contribution in [2.75, 3.05) is 0 Å². The lowest BCUT2D eigenvalue weighted by Crippen LogP contribution is -2.10. The molecule has 0 saturated heterocycles. The third kappa shape index (κ3) is 2.03. The second kappa shape index (κ2) is 4.52. The van der Waals surface area contributed by atoms with Crippen molar-refractivity contribution in [3.8, 4) is 0 Å². The van der Waals surface area contributed by atoms with Crippen LogP contribution in [0.4, 0.5) is 0 Å². The summed E-state index contributed by atoms with van der Waals surface area (Å²) in [4.78, 5) is 4.62. The normalized spacial score (nSPS) is 12.8. The molecule has 3 aromatic rings. The van der Waals surface area contributed by atoms with Gasteiger partial charge in [0.1, 0.15) is 5.01 Å². The fraction of sp³-hybridized carbons (Fsp3) is 0.133. The third-order valence-electron chi connectivity index (χ3n) is 2.99. The van der Waals surface area contributed by atoms with Gasteiger partial charge in [0.05, 0.1) is 16.3 Å². The summed E-state index contributed by atoms with van der Waals surface area (Å²) in [5, 5.41) is 0.974. The molecule has 90 valence electrons. The van der Waals surface area contributed by atoms with Crippen LogP contribution in [0.2, 0.25) is 0 Å². The molecule has 2 aromatic carbocycles. The first-order valence-electron chi connectivity index (χ1n) is 5.91. The average Bonchev–Trinajstić information content (AvgIpc) is 2.81. The molecule has 0 bridgehead atoms. The Labute approximate surface area is 110 Å². The largest absolute Gasteiger partial charge is 0.318 e. The lowest BCUT2D eigenvalue weighted by atomic mass is 10.1. The van der Waals surface area contributed by atoms with Gasteiger partial charge in [0, 0.05) is 0 Å². The number of rotatable bonds is 2. The SMILES string of the molecule is Cc1ccc2nc(C(N)c3ccccc3)sc2c1. The molecule has 3 heteroatoms. The summed E-state index contributed by atoms with van der Waals surface area (Å²) < 4.78 is 1.20. The van der Waals surface area contributed by atoms with Gasteiger partial charge >= 0.3 is 0 Å². The summed E-state index contributed by atoms with van der Waals surface area (Å²) in [7, 11) is 0. The van der Waals surface area contributed by atoms with Crippen LogP contribution in [0.5, 0.6) is 0 Å². The predicted octanol–water partition coefficient (Wildman–Crippen LogP) is 3.65. The Balaban J connectivity index is 2.04. The molecule has 0 spiro atoms. The van der Waals surface area contributed by atoms with Crippen LogP contribution >= 0.6 is 11.3 Å². The van der Waals surface area contributed by atoms with Gasteiger partial charge in [-0.05, 0) is 30.2 Å². The molecule has 0 fully saturated rings. The molecule has 0 aliphatic carbocycles. The van der Waals surface area contributed by atoms with Crippen molar-refractivity contribution in [2.45, 2.75) is 13.0 Å². The van der Waals surface area contributed by atoms with Crippen molar-refractivity contribution < 1.29 is 0 Å². The van der Waals surface area contributed by atoms with E-state index in [9.17, 15) is 0 Å². The van der Waals surface area contributed by atoms with Crippen LogP contribution in [0.1, 0.15) is 22.2 Å². The minimum absolute atomic E-state index is 0.135. The number of nitrogens with zero attached hydrogens (tertiary/aromatic N) is 1. The van der Waals surface area contributed by atoms with E-state index in [0.717, 1.165) is 16.1 Å². The maximum Gasteiger partial charge on any atom is 0.115 e. The van der Waals surface area contributed by atoms with Crippen LogP contribution < -0.4 is 5.73 Å². The molecule has 1 heterocycles. The van der Waals surface area contributed by atoms with Gasteiger partial charge in [-0.1, -0.05) is 36.4 Å². The Hall–Kier alpha value is -1.71. The summed E-state index contributed by atoms with van der Waals surface area (Å²) >= 11 is 1.68. The Morgan fingerprint density at radius 3 is 2.67 bits per heavy atom. The minimum atomic E-state index is -0.135. The van der Waals surface area contributed by atoms with E-state index < -0.39 is 0 Å². The first-order chi connectivity index (χ1) is 8.74. The van der Waals surface area contributed by atoms with E-state index >= 15 is 0 Å². The second-order valence-electron chi connectivity index (χ2n) is 4.41. The number of aromatic nitrogens is 1. The lowest BCUT2D eigenvalue weighted by molar-refractivity contribution is 0.862. The van der Waals surface area contributed by atoms with E-state index in [0.29, 0.717) is 0 Å². The number of aryl methyl sites for hydroxylation is 1. The number of hydrogen-bond donors (Lipinski definition) is 1. The monoisotopic (exact) mass is 254 g/mol. The van der Waals surface area contributed by atoms with E-state index in [1.54, 1.807) is 11.3 Å². The summed E-state index contributed by atoms with van der Waals surface area (Å²) in [5.41, 5.74) is 9.66. The highest BCUT2D eigenvalue weighted by Crippen LogP contribution is 2.29. The zero-order chi connectivity index (χ0) is 12.5. The highest BCUT2D eigenvalue weighted by Gasteiger charge is 2.13. The standard InChI is InChI=1S/C15H14N2S/c1-10-7-8-12-13(9-10)18-15(17-12)14(16)11-5-3-2-4-6-11/h2-9,14H,16H2,1H3. The molecular formula is C15H14N2S. The highest BCUT2D eigenvalue weighted by molar-refractivity contribution is 7.18. The van der Waals surface area contributed by atoms with E-state index in [1.165, 1.54) is 10.3 Å². The van der Waals surface area contributed by atoms with Gasteiger partial charge in [-0.25, -0.2) is 4.98 Å². The Bertz CT molecular complexity index is 673. The molecule has 2 N–H and O–H groups in total. The molecule has 0 aliphatic heterocycles. The lowest BCUT2D eigenvalue weighted by Gasteiger charge is -2.07. The zero-order valence-electron chi connectivity index (χ0n) is 10.1. The van der Waals surface area contributed by atoms with E-state index in [4.69, 9.17) is 5.73 Å². The van der Waals surface area contributed by atoms with Gasteiger partial charge in [-0.15, -0.1) is 11.3 Å².